The average Bonchev–Trinajstić information content (AvgIpc) is 2.54. The van der Waals surface area contributed by atoms with Gasteiger partial charge in [0.15, 0.2) is 0 Å². The summed E-state index contributed by atoms with van der Waals surface area (Å²) in [6.45, 7) is 5.35. The maximum atomic E-state index is 9.35. The third-order valence-electron chi connectivity index (χ3n) is 3.83. The normalized spacial score (nSPS) is 12.8. The quantitative estimate of drug-likeness (QED) is 0.822. The van der Waals surface area contributed by atoms with E-state index in [0.29, 0.717) is 17.2 Å². The minimum atomic E-state index is 0.659. The number of nitrogens with one attached hydrogen (secondary N) is 1. The number of pyridine rings is 1. The number of hydrogen-bond donors (Lipinski definition) is 1. The van der Waals surface area contributed by atoms with Gasteiger partial charge in [0.1, 0.15) is 23.5 Å². The number of nitriles is 1. The van der Waals surface area contributed by atoms with Crippen molar-refractivity contribution in [1.82, 2.24) is 4.98 Å². The Hall–Kier alpha value is -1.90. The monoisotopic (exact) mass is 359 g/mol. The van der Waals surface area contributed by atoms with Crippen molar-refractivity contribution in [3.05, 3.63) is 45.6 Å². The first-order chi connectivity index (χ1) is 11.6. The van der Waals surface area contributed by atoms with Crippen LogP contribution in [0.3, 0.4) is 0 Å². The number of aromatic nitrogens is 1. The second-order valence-electron chi connectivity index (χ2n) is 5.69. The second kappa shape index (κ2) is 7.33. The summed E-state index contributed by atoms with van der Waals surface area (Å²) >= 11 is 7.81. The van der Waals surface area contributed by atoms with Crippen LogP contribution >= 0.6 is 23.4 Å². The number of benzene rings is 1. The van der Waals surface area contributed by atoms with Crippen molar-refractivity contribution in [3.63, 3.8) is 0 Å². The van der Waals surface area contributed by atoms with Crippen LogP contribution in [0.2, 0.25) is 5.02 Å². The maximum Gasteiger partial charge on any atom is 0.145 e. The van der Waals surface area contributed by atoms with Gasteiger partial charge in [0.25, 0.3) is 0 Å². The molecule has 0 aliphatic carbocycles. The Kier molecular flexibility index (Phi) is 5.17. The van der Waals surface area contributed by atoms with Crippen LogP contribution in [0.5, 0.6) is 5.75 Å². The molecule has 0 bridgehead atoms. The number of aryl methyl sites for hydroxylation is 3. The van der Waals surface area contributed by atoms with Crippen LogP contribution in [-0.2, 0) is 6.42 Å². The smallest absolute Gasteiger partial charge is 0.145 e. The van der Waals surface area contributed by atoms with Gasteiger partial charge < -0.3 is 10.1 Å². The highest BCUT2D eigenvalue weighted by molar-refractivity contribution is 7.99. The number of halogens is 1. The Morgan fingerprint density at radius 2 is 2.21 bits per heavy atom. The molecule has 0 atom stereocenters. The Morgan fingerprint density at radius 3 is 3.00 bits per heavy atom. The standard InChI is InChI=1S/C18H18ClN3OS/c1-11-7-12(2)22-18(15(11)10-20)24-6-3-13-8-14(19)9-16-17(13)23-5-4-21-16/h7-9,21H,3-6H2,1-2H3. The predicted molar refractivity (Wildman–Crippen MR) is 98.3 cm³/mol. The molecule has 1 aromatic carbocycles. The summed E-state index contributed by atoms with van der Waals surface area (Å²) in [4.78, 5) is 4.51. The molecule has 0 saturated carbocycles. The SMILES string of the molecule is Cc1cc(C)c(C#N)c(SCCc2cc(Cl)cc3c2OCCN3)n1. The number of hydrogen-bond acceptors (Lipinski definition) is 5. The summed E-state index contributed by atoms with van der Waals surface area (Å²) in [5.74, 6) is 1.70. The number of rotatable bonds is 4. The Morgan fingerprint density at radius 1 is 1.38 bits per heavy atom. The van der Waals surface area contributed by atoms with Crippen LogP contribution < -0.4 is 10.1 Å². The molecule has 0 amide bonds. The van der Waals surface area contributed by atoms with Gasteiger partial charge in [-0.25, -0.2) is 4.98 Å². The Balaban J connectivity index is 1.76. The number of fused-ring (bicyclic) bond motifs is 1. The number of anilines is 1. The van der Waals surface area contributed by atoms with Gasteiger partial charge in [-0.15, -0.1) is 11.8 Å². The zero-order valence-corrected chi connectivity index (χ0v) is 15.2. The van der Waals surface area contributed by atoms with Crippen molar-refractivity contribution in [2.45, 2.75) is 25.3 Å². The van der Waals surface area contributed by atoms with Crippen LogP contribution in [0.4, 0.5) is 5.69 Å². The van der Waals surface area contributed by atoms with E-state index in [1.165, 1.54) is 0 Å². The maximum absolute atomic E-state index is 9.35. The van der Waals surface area contributed by atoms with Crippen LogP contribution in [0, 0.1) is 25.2 Å². The second-order valence-corrected chi connectivity index (χ2v) is 7.21. The summed E-state index contributed by atoms with van der Waals surface area (Å²) in [6, 6.07) is 8.05. The molecular weight excluding hydrogens is 342 g/mol. The molecular formula is C18H18ClN3OS. The van der Waals surface area contributed by atoms with Gasteiger partial charge in [-0.2, -0.15) is 5.26 Å². The van der Waals surface area contributed by atoms with E-state index in [9.17, 15) is 5.26 Å². The lowest BCUT2D eigenvalue weighted by Gasteiger charge is -2.22. The van der Waals surface area contributed by atoms with E-state index in [4.69, 9.17) is 16.3 Å². The van der Waals surface area contributed by atoms with E-state index in [2.05, 4.69) is 16.4 Å². The van der Waals surface area contributed by atoms with E-state index < -0.39 is 0 Å². The first-order valence-electron chi connectivity index (χ1n) is 7.78. The van der Waals surface area contributed by atoms with Crippen molar-refractivity contribution in [3.8, 4) is 11.8 Å². The lowest BCUT2D eigenvalue weighted by atomic mass is 10.1. The van der Waals surface area contributed by atoms with Gasteiger partial charge in [0.05, 0.1) is 11.3 Å². The molecule has 3 rings (SSSR count). The fourth-order valence-corrected chi connectivity index (χ4v) is 4.09. The highest BCUT2D eigenvalue weighted by Gasteiger charge is 2.16. The van der Waals surface area contributed by atoms with Crippen molar-refractivity contribution in [1.29, 1.82) is 5.26 Å². The molecule has 0 fully saturated rings. The molecule has 0 radical (unpaired) electrons. The van der Waals surface area contributed by atoms with E-state index in [1.54, 1.807) is 11.8 Å². The van der Waals surface area contributed by atoms with E-state index >= 15 is 0 Å². The Bertz CT molecular complexity index is 817. The zero-order chi connectivity index (χ0) is 17.1. The summed E-state index contributed by atoms with van der Waals surface area (Å²) in [7, 11) is 0. The summed E-state index contributed by atoms with van der Waals surface area (Å²) in [6.07, 6.45) is 0.800. The van der Waals surface area contributed by atoms with Crippen LogP contribution in [-0.4, -0.2) is 23.9 Å². The van der Waals surface area contributed by atoms with E-state index in [0.717, 1.165) is 52.0 Å². The van der Waals surface area contributed by atoms with Crippen LogP contribution in [0.15, 0.2) is 23.2 Å². The molecule has 124 valence electrons. The fourth-order valence-electron chi connectivity index (χ4n) is 2.78. The summed E-state index contributed by atoms with van der Waals surface area (Å²) in [5.41, 5.74) is 4.61. The largest absolute Gasteiger partial charge is 0.489 e. The van der Waals surface area contributed by atoms with E-state index in [1.807, 2.05) is 32.0 Å². The zero-order valence-electron chi connectivity index (χ0n) is 13.6. The van der Waals surface area contributed by atoms with Crippen molar-refractivity contribution < 1.29 is 4.74 Å². The molecule has 6 heteroatoms. The van der Waals surface area contributed by atoms with Crippen LogP contribution in [0.1, 0.15) is 22.4 Å². The van der Waals surface area contributed by atoms with Crippen molar-refractivity contribution in [2.24, 2.45) is 0 Å². The van der Waals surface area contributed by atoms with Gasteiger partial charge in [0.2, 0.25) is 0 Å². The first kappa shape index (κ1) is 16.9. The third kappa shape index (κ3) is 3.61. The topological polar surface area (TPSA) is 57.9 Å². The molecule has 1 aliphatic rings. The molecule has 1 N–H and O–H groups in total. The molecule has 1 aromatic heterocycles. The lowest BCUT2D eigenvalue weighted by molar-refractivity contribution is 0.320. The Labute approximate surface area is 151 Å². The fraction of sp³-hybridized carbons (Fsp3) is 0.333. The molecule has 0 spiro atoms. The molecule has 0 unspecified atom stereocenters. The molecule has 2 heterocycles. The number of thioether (sulfide) groups is 1. The van der Waals surface area contributed by atoms with Gasteiger partial charge in [-0.1, -0.05) is 11.6 Å². The highest BCUT2D eigenvalue weighted by Crippen LogP contribution is 2.36. The van der Waals surface area contributed by atoms with Gasteiger partial charge >= 0.3 is 0 Å². The first-order valence-corrected chi connectivity index (χ1v) is 9.15. The lowest BCUT2D eigenvalue weighted by Crippen LogP contribution is -2.19. The predicted octanol–water partition coefficient (Wildman–Crippen LogP) is 4.36. The van der Waals surface area contributed by atoms with E-state index in [-0.39, 0.29) is 0 Å². The molecule has 4 nitrogen and oxygen atoms in total. The molecule has 1 aliphatic heterocycles. The molecule has 0 saturated heterocycles. The summed E-state index contributed by atoms with van der Waals surface area (Å²) < 4.78 is 5.80. The molecule has 2 aromatic rings. The van der Waals surface area contributed by atoms with Crippen LogP contribution in [0.25, 0.3) is 0 Å². The van der Waals surface area contributed by atoms with Crippen molar-refractivity contribution >= 4 is 29.1 Å². The minimum absolute atomic E-state index is 0.659. The molecule has 24 heavy (non-hydrogen) atoms. The van der Waals surface area contributed by atoms with Crippen molar-refractivity contribution in [2.75, 3.05) is 24.2 Å². The van der Waals surface area contributed by atoms with Gasteiger partial charge in [-0.05, 0) is 49.6 Å². The third-order valence-corrected chi connectivity index (χ3v) is 5.02. The van der Waals surface area contributed by atoms with Gasteiger partial charge in [0, 0.05) is 23.0 Å². The average molecular weight is 360 g/mol. The summed E-state index contributed by atoms with van der Waals surface area (Å²) in [5, 5.41) is 14.2. The highest BCUT2D eigenvalue weighted by atomic mass is 35.5. The number of ether oxygens (including phenoxy) is 1. The minimum Gasteiger partial charge on any atom is -0.489 e. The van der Waals surface area contributed by atoms with Gasteiger partial charge in [-0.3, -0.25) is 0 Å². The number of nitrogens with zero attached hydrogens (tertiary/aromatic N) is 2.